The number of nitrogens with two attached hydrogens (primary N) is 1. The Bertz CT molecular complexity index is 1600. The first-order chi connectivity index (χ1) is 18.1. The van der Waals surface area contributed by atoms with Crippen LogP contribution in [0.25, 0.3) is 27.8 Å². The summed E-state index contributed by atoms with van der Waals surface area (Å²) in [5.74, 6) is -0.251. The number of aliphatic hydroxyl groups excluding tert-OH is 1. The molecule has 3 aromatic carbocycles. The molecule has 2 heterocycles. The van der Waals surface area contributed by atoms with Crippen molar-refractivity contribution in [1.29, 1.82) is 5.26 Å². The van der Waals surface area contributed by atoms with E-state index < -0.39 is 0 Å². The molecule has 7 nitrogen and oxygen atoms in total. The molecule has 3 N–H and O–H groups in total. The second-order valence-electron chi connectivity index (χ2n) is 8.59. The zero-order chi connectivity index (χ0) is 25.8. The number of rotatable bonds is 7. The summed E-state index contributed by atoms with van der Waals surface area (Å²) in [4.78, 5) is 15.1. The van der Waals surface area contributed by atoms with E-state index in [4.69, 9.17) is 11.0 Å². The lowest BCUT2D eigenvalue weighted by atomic mass is 9.94. The highest BCUT2D eigenvalue weighted by molar-refractivity contribution is 6.07. The van der Waals surface area contributed by atoms with Gasteiger partial charge in [0.15, 0.2) is 0 Å². The van der Waals surface area contributed by atoms with Gasteiger partial charge in [-0.15, -0.1) is 0 Å². The molecule has 5 aromatic rings. The van der Waals surface area contributed by atoms with Gasteiger partial charge in [0.05, 0.1) is 30.0 Å². The molecule has 2 aromatic heterocycles. The number of nitrogens with zero attached hydrogens (tertiary/aromatic N) is 4. The van der Waals surface area contributed by atoms with Crippen molar-refractivity contribution in [2.24, 2.45) is 5.73 Å². The van der Waals surface area contributed by atoms with Crippen molar-refractivity contribution in [2.75, 3.05) is 18.1 Å². The monoisotopic (exact) mass is 487 g/mol. The van der Waals surface area contributed by atoms with Gasteiger partial charge < -0.3 is 15.7 Å². The molecule has 5 rings (SSSR count). The molecule has 0 unspecified atom stereocenters. The summed E-state index contributed by atoms with van der Waals surface area (Å²) in [6.45, 7) is 0.425. The topological polar surface area (TPSA) is 108 Å². The summed E-state index contributed by atoms with van der Waals surface area (Å²) < 4.78 is 1.75. The van der Waals surface area contributed by atoms with E-state index in [0.717, 1.165) is 33.3 Å². The molecule has 37 heavy (non-hydrogen) atoms. The zero-order valence-electron chi connectivity index (χ0n) is 20.1. The minimum atomic E-state index is -0.251. The highest BCUT2D eigenvalue weighted by Gasteiger charge is 2.20. The highest BCUT2D eigenvalue weighted by Crippen LogP contribution is 2.35. The van der Waals surface area contributed by atoms with Gasteiger partial charge in [-0.3, -0.25) is 4.79 Å². The van der Waals surface area contributed by atoms with Crippen LogP contribution in [0.2, 0.25) is 0 Å². The van der Waals surface area contributed by atoms with Crippen molar-refractivity contribution in [3.05, 3.63) is 114 Å². The summed E-state index contributed by atoms with van der Waals surface area (Å²) in [6.07, 6.45) is 3.57. The van der Waals surface area contributed by atoms with Crippen LogP contribution in [0.1, 0.15) is 21.5 Å². The number of amides is 1. The molecule has 0 atom stereocenters. The minimum absolute atomic E-state index is 0.129. The van der Waals surface area contributed by atoms with Crippen molar-refractivity contribution in [3.8, 4) is 28.3 Å². The third-order valence-corrected chi connectivity index (χ3v) is 6.36. The van der Waals surface area contributed by atoms with E-state index in [9.17, 15) is 9.90 Å². The fourth-order valence-electron chi connectivity index (χ4n) is 4.43. The SMILES string of the molecule is N#Cc1ccc(N(CCO)C(=O)c2ccn3ncc(-c4ccccc4-c4ccc(CN)cc4)c3c2)cc1. The van der Waals surface area contributed by atoms with Crippen LogP contribution in [0.5, 0.6) is 0 Å². The number of aromatic nitrogens is 2. The molecule has 0 saturated carbocycles. The quantitative estimate of drug-likeness (QED) is 0.348. The molecular weight excluding hydrogens is 462 g/mol. The van der Waals surface area contributed by atoms with Crippen LogP contribution < -0.4 is 10.6 Å². The van der Waals surface area contributed by atoms with Crippen LogP contribution in [0.3, 0.4) is 0 Å². The van der Waals surface area contributed by atoms with E-state index in [-0.39, 0.29) is 19.1 Å². The molecule has 0 bridgehead atoms. The van der Waals surface area contributed by atoms with E-state index in [1.54, 1.807) is 41.0 Å². The fraction of sp³-hybridized carbons (Fsp3) is 0.100. The van der Waals surface area contributed by atoms with E-state index in [2.05, 4.69) is 29.4 Å². The van der Waals surface area contributed by atoms with Crippen molar-refractivity contribution < 1.29 is 9.90 Å². The number of anilines is 1. The van der Waals surface area contributed by atoms with Crippen molar-refractivity contribution in [2.45, 2.75) is 6.54 Å². The van der Waals surface area contributed by atoms with Crippen LogP contribution in [-0.2, 0) is 6.54 Å². The van der Waals surface area contributed by atoms with Gasteiger partial charge in [0.25, 0.3) is 5.91 Å². The Morgan fingerprint density at radius 2 is 1.70 bits per heavy atom. The average molecular weight is 488 g/mol. The van der Waals surface area contributed by atoms with Gasteiger partial charge in [-0.2, -0.15) is 10.4 Å². The summed E-state index contributed by atoms with van der Waals surface area (Å²) in [5.41, 5.74) is 13.2. The van der Waals surface area contributed by atoms with E-state index in [1.807, 2.05) is 42.6 Å². The number of nitriles is 1. The molecule has 0 saturated heterocycles. The Morgan fingerprint density at radius 1 is 0.973 bits per heavy atom. The van der Waals surface area contributed by atoms with Gasteiger partial charge in [-0.1, -0.05) is 48.5 Å². The van der Waals surface area contributed by atoms with Gasteiger partial charge in [-0.25, -0.2) is 4.52 Å². The van der Waals surface area contributed by atoms with Gasteiger partial charge in [0.2, 0.25) is 0 Å². The predicted octanol–water partition coefficient (Wildman–Crippen LogP) is 4.64. The smallest absolute Gasteiger partial charge is 0.258 e. The van der Waals surface area contributed by atoms with Crippen molar-refractivity contribution in [1.82, 2.24) is 9.61 Å². The van der Waals surface area contributed by atoms with Gasteiger partial charge in [0, 0.05) is 36.1 Å². The lowest BCUT2D eigenvalue weighted by molar-refractivity contribution is 0.0981. The predicted molar refractivity (Wildman–Crippen MR) is 144 cm³/mol. The summed E-state index contributed by atoms with van der Waals surface area (Å²) in [5, 5.41) is 23.2. The second-order valence-corrected chi connectivity index (χ2v) is 8.59. The van der Waals surface area contributed by atoms with Crippen LogP contribution in [-0.4, -0.2) is 33.8 Å². The maximum Gasteiger partial charge on any atom is 0.258 e. The average Bonchev–Trinajstić information content (AvgIpc) is 3.39. The van der Waals surface area contributed by atoms with Crippen molar-refractivity contribution >= 4 is 17.1 Å². The fourth-order valence-corrected chi connectivity index (χ4v) is 4.43. The number of aliphatic hydroxyl groups is 1. The molecule has 0 aliphatic carbocycles. The summed E-state index contributed by atoms with van der Waals surface area (Å²) >= 11 is 0. The van der Waals surface area contributed by atoms with E-state index in [0.29, 0.717) is 23.4 Å². The third kappa shape index (κ3) is 4.71. The van der Waals surface area contributed by atoms with E-state index >= 15 is 0 Å². The first-order valence-corrected chi connectivity index (χ1v) is 11.9. The molecule has 0 spiro atoms. The summed E-state index contributed by atoms with van der Waals surface area (Å²) in [6, 6.07) is 28.6. The molecular formula is C30H25N5O2. The molecule has 0 aliphatic rings. The number of carbonyl (C=O) groups excluding carboxylic acids is 1. The number of hydrogen-bond acceptors (Lipinski definition) is 5. The Kier molecular flexibility index (Phi) is 6.77. The molecule has 0 aliphatic heterocycles. The zero-order valence-corrected chi connectivity index (χ0v) is 20.1. The third-order valence-electron chi connectivity index (χ3n) is 6.36. The number of pyridine rings is 1. The van der Waals surface area contributed by atoms with Crippen LogP contribution >= 0.6 is 0 Å². The molecule has 1 amide bonds. The minimum Gasteiger partial charge on any atom is -0.395 e. The number of hydrogen-bond donors (Lipinski definition) is 2. The van der Waals surface area contributed by atoms with Crippen LogP contribution in [0.4, 0.5) is 5.69 Å². The molecule has 7 heteroatoms. The lowest BCUT2D eigenvalue weighted by Crippen LogP contribution is -2.33. The molecule has 182 valence electrons. The first kappa shape index (κ1) is 23.9. The van der Waals surface area contributed by atoms with Gasteiger partial charge in [0.1, 0.15) is 0 Å². The Hall–Kier alpha value is -4.77. The second kappa shape index (κ2) is 10.5. The van der Waals surface area contributed by atoms with Gasteiger partial charge >= 0.3 is 0 Å². The Morgan fingerprint density at radius 3 is 2.38 bits per heavy atom. The van der Waals surface area contributed by atoms with Gasteiger partial charge in [-0.05, 0) is 58.7 Å². The Balaban J connectivity index is 1.56. The van der Waals surface area contributed by atoms with Crippen LogP contribution in [0.15, 0.2) is 97.3 Å². The molecule has 0 fully saturated rings. The van der Waals surface area contributed by atoms with E-state index in [1.165, 1.54) is 4.90 Å². The largest absolute Gasteiger partial charge is 0.395 e. The molecule has 0 radical (unpaired) electrons. The Labute approximate surface area is 214 Å². The van der Waals surface area contributed by atoms with Crippen molar-refractivity contribution in [3.63, 3.8) is 0 Å². The number of fused-ring (bicyclic) bond motifs is 1. The van der Waals surface area contributed by atoms with Crippen LogP contribution in [0, 0.1) is 11.3 Å². The standard InChI is InChI=1S/C30H25N5O2/c31-18-21-5-9-23(10-6-21)26-3-1-2-4-27(26)28-20-33-35-14-13-24(17-29(28)35)30(37)34(15-16-36)25-11-7-22(19-32)8-12-25/h1-14,17,20,36H,15-16,18,31H2. The lowest BCUT2D eigenvalue weighted by Gasteiger charge is -2.22. The number of carbonyl (C=O) groups is 1. The maximum absolute atomic E-state index is 13.6. The normalized spacial score (nSPS) is 10.8. The highest BCUT2D eigenvalue weighted by atomic mass is 16.3. The number of benzene rings is 3. The maximum atomic E-state index is 13.6. The summed E-state index contributed by atoms with van der Waals surface area (Å²) in [7, 11) is 0. The first-order valence-electron chi connectivity index (χ1n) is 11.9.